The van der Waals surface area contributed by atoms with Crippen molar-refractivity contribution < 1.29 is 4.42 Å². The van der Waals surface area contributed by atoms with E-state index in [1.54, 1.807) is 0 Å². The number of furan rings is 1. The Morgan fingerprint density at radius 2 is 2.10 bits per heavy atom. The molecular weight excluding hydrogens is 377 g/mol. The molecule has 1 aromatic heterocycles. The number of rotatable bonds is 5. The molecule has 2 N–H and O–H groups in total. The lowest BCUT2D eigenvalue weighted by atomic mass is 10.2. The molecule has 1 aliphatic rings. The molecule has 1 aromatic carbocycles. The van der Waals surface area contributed by atoms with E-state index in [0.29, 0.717) is 6.54 Å². The van der Waals surface area contributed by atoms with Crippen molar-refractivity contribution in [2.45, 2.75) is 26.3 Å². The van der Waals surface area contributed by atoms with Crippen molar-refractivity contribution in [1.29, 1.82) is 0 Å². The first kappa shape index (κ1) is 16.1. The molecule has 1 aliphatic carbocycles. The van der Waals surface area contributed by atoms with E-state index in [2.05, 4.69) is 34.7 Å². The van der Waals surface area contributed by atoms with Crippen molar-refractivity contribution in [3.05, 3.63) is 36.1 Å². The molecule has 4 nitrogen and oxygen atoms in total. The second-order valence-electron chi connectivity index (χ2n) is 5.27. The molecule has 0 amide bonds. The number of halogens is 1. The summed E-state index contributed by atoms with van der Waals surface area (Å²) in [6.45, 7) is 4.53. The van der Waals surface area contributed by atoms with Crippen LogP contribution in [0.1, 0.15) is 25.5 Å². The number of hydrogen-bond acceptors (Lipinski definition) is 2. The SMILES string of the molecule is CCNC(=NCc1cc2ccccc2o1)NCC1CC1.I. The molecule has 0 aliphatic heterocycles. The summed E-state index contributed by atoms with van der Waals surface area (Å²) in [5, 5.41) is 7.78. The topological polar surface area (TPSA) is 49.6 Å². The van der Waals surface area contributed by atoms with E-state index in [9.17, 15) is 0 Å². The van der Waals surface area contributed by atoms with Crippen molar-refractivity contribution in [1.82, 2.24) is 10.6 Å². The van der Waals surface area contributed by atoms with Gasteiger partial charge in [0.1, 0.15) is 17.9 Å². The summed E-state index contributed by atoms with van der Waals surface area (Å²) in [4.78, 5) is 4.58. The lowest BCUT2D eigenvalue weighted by molar-refractivity contribution is 0.551. The van der Waals surface area contributed by atoms with Gasteiger partial charge in [0.2, 0.25) is 0 Å². The zero-order valence-electron chi connectivity index (χ0n) is 12.3. The molecule has 0 bridgehead atoms. The van der Waals surface area contributed by atoms with E-state index in [1.807, 2.05) is 18.2 Å². The molecule has 0 saturated heterocycles. The first-order valence-electron chi connectivity index (χ1n) is 7.35. The van der Waals surface area contributed by atoms with Crippen LogP contribution in [0, 0.1) is 5.92 Å². The second kappa shape index (κ2) is 7.68. The highest BCUT2D eigenvalue weighted by Crippen LogP contribution is 2.27. The molecule has 0 radical (unpaired) electrons. The van der Waals surface area contributed by atoms with Crippen molar-refractivity contribution in [3.63, 3.8) is 0 Å². The molecule has 3 rings (SSSR count). The third-order valence-corrected chi connectivity index (χ3v) is 3.47. The average molecular weight is 399 g/mol. The summed E-state index contributed by atoms with van der Waals surface area (Å²) < 4.78 is 5.77. The van der Waals surface area contributed by atoms with E-state index in [4.69, 9.17) is 4.42 Å². The highest BCUT2D eigenvalue weighted by Gasteiger charge is 2.21. The van der Waals surface area contributed by atoms with Crippen LogP contribution in [0.2, 0.25) is 0 Å². The van der Waals surface area contributed by atoms with Gasteiger partial charge in [-0.3, -0.25) is 0 Å². The third-order valence-electron chi connectivity index (χ3n) is 3.47. The lowest BCUT2D eigenvalue weighted by Gasteiger charge is -2.10. The zero-order valence-corrected chi connectivity index (χ0v) is 14.6. The summed E-state index contributed by atoms with van der Waals surface area (Å²) in [5.41, 5.74) is 0.925. The van der Waals surface area contributed by atoms with Gasteiger partial charge in [-0.2, -0.15) is 0 Å². The Morgan fingerprint density at radius 1 is 1.29 bits per heavy atom. The number of aliphatic imine (C=N–C) groups is 1. The summed E-state index contributed by atoms with van der Waals surface area (Å²) in [6.07, 6.45) is 2.69. The molecule has 1 saturated carbocycles. The van der Waals surface area contributed by atoms with Gasteiger partial charge in [-0.05, 0) is 37.8 Å². The maximum absolute atomic E-state index is 5.77. The Labute approximate surface area is 142 Å². The fourth-order valence-corrected chi connectivity index (χ4v) is 2.18. The number of nitrogens with one attached hydrogen (secondary N) is 2. The predicted octanol–water partition coefficient (Wildman–Crippen LogP) is 3.52. The number of nitrogens with zero attached hydrogens (tertiary/aromatic N) is 1. The Balaban J connectivity index is 0.00000161. The van der Waals surface area contributed by atoms with Gasteiger partial charge in [-0.1, -0.05) is 18.2 Å². The molecule has 0 atom stereocenters. The predicted molar refractivity (Wildman–Crippen MR) is 97.2 cm³/mol. The van der Waals surface area contributed by atoms with Gasteiger partial charge in [-0.25, -0.2) is 4.99 Å². The third kappa shape index (κ3) is 4.62. The largest absolute Gasteiger partial charge is 0.459 e. The molecular formula is C16H22IN3O. The van der Waals surface area contributed by atoms with Crippen molar-refractivity contribution >= 4 is 40.9 Å². The van der Waals surface area contributed by atoms with Crippen LogP contribution in [0.3, 0.4) is 0 Å². The summed E-state index contributed by atoms with van der Waals surface area (Å²) in [7, 11) is 0. The van der Waals surface area contributed by atoms with Gasteiger partial charge >= 0.3 is 0 Å². The second-order valence-corrected chi connectivity index (χ2v) is 5.27. The maximum Gasteiger partial charge on any atom is 0.191 e. The van der Waals surface area contributed by atoms with Gasteiger partial charge in [0.05, 0.1) is 0 Å². The van der Waals surface area contributed by atoms with Crippen molar-refractivity contribution in [3.8, 4) is 0 Å². The minimum Gasteiger partial charge on any atom is -0.459 e. The molecule has 1 fully saturated rings. The number of para-hydroxylation sites is 1. The molecule has 0 unspecified atom stereocenters. The van der Waals surface area contributed by atoms with Gasteiger partial charge < -0.3 is 15.1 Å². The van der Waals surface area contributed by atoms with Gasteiger partial charge in [0, 0.05) is 18.5 Å². The van der Waals surface area contributed by atoms with Crippen LogP contribution >= 0.6 is 24.0 Å². The Bertz CT molecular complexity index is 571. The van der Waals surface area contributed by atoms with Crippen LogP contribution < -0.4 is 10.6 Å². The normalized spacial score (nSPS) is 14.8. The molecule has 5 heteroatoms. The number of fused-ring (bicyclic) bond motifs is 1. The zero-order chi connectivity index (χ0) is 13.8. The van der Waals surface area contributed by atoms with Crippen LogP contribution in [0.5, 0.6) is 0 Å². The summed E-state index contributed by atoms with van der Waals surface area (Å²) in [5.74, 6) is 2.61. The van der Waals surface area contributed by atoms with Crippen LogP contribution in [0.4, 0.5) is 0 Å². The molecule has 0 spiro atoms. The Hall–Kier alpha value is -1.24. The molecule has 21 heavy (non-hydrogen) atoms. The van der Waals surface area contributed by atoms with Crippen LogP contribution in [0.25, 0.3) is 11.0 Å². The number of guanidine groups is 1. The average Bonchev–Trinajstić information content (AvgIpc) is 3.19. The number of benzene rings is 1. The monoisotopic (exact) mass is 399 g/mol. The van der Waals surface area contributed by atoms with Crippen LogP contribution in [0.15, 0.2) is 39.7 Å². The Morgan fingerprint density at radius 3 is 2.81 bits per heavy atom. The van der Waals surface area contributed by atoms with E-state index >= 15 is 0 Å². The molecule has 1 heterocycles. The quantitative estimate of drug-likeness (QED) is 0.460. The lowest BCUT2D eigenvalue weighted by Crippen LogP contribution is -2.38. The van der Waals surface area contributed by atoms with Crippen LogP contribution in [-0.4, -0.2) is 19.0 Å². The van der Waals surface area contributed by atoms with E-state index in [-0.39, 0.29) is 24.0 Å². The van der Waals surface area contributed by atoms with Crippen molar-refractivity contribution in [2.24, 2.45) is 10.9 Å². The van der Waals surface area contributed by atoms with Gasteiger partial charge in [0.15, 0.2) is 5.96 Å². The molecule has 2 aromatic rings. The fraction of sp³-hybridized carbons (Fsp3) is 0.438. The van der Waals surface area contributed by atoms with Gasteiger partial charge in [-0.15, -0.1) is 24.0 Å². The summed E-state index contributed by atoms with van der Waals surface area (Å²) >= 11 is 0. The van der Waals surface area contributed by atoms with E-state index in [1.165, 1.54) is 12.8 Å². The standard InChI is InChI=1S/C16H21N3O.HI/c1-2-17-16(18-10-12-7-8-12)19-11-14-9-13-5-3-4-6-15(13)20-14;/h3-6,9,12H,2,7-8,10-11H2,1H3,(H2,17,18,19);1H. The van der Waals surface area contributed by atoms with E-state index < -0.39 is 0 Å². The highest BCUT2D eigenvalue weighted by atomic mass is 127. The summed E-state index contributed by atoms with van der Waals surface area (Å²) in [6, 6.07) is 10.1. The van der Waals surface area contributed by atoms with Crippen molar-refractivity contribution in [2.75, 3.05) is 13.1 Å². The van der Waals surface area contributed by atoms with Crippen LogP contribution in [-0.2, 0) is 6.54 Å². The highest BCUT2D eigenvalue weighted by molar-refractivity contribution is 14.0. The first-order valence-corrected chi connectivity index (χ1v) is 7.35. The minimum atomic E-state index is 0. The smallest absolute Gasteiger partial charge is 0.191 e. The van der Waals surface area contributed by atoms with E-state index in [0.717, 1.165) is 41.7 Å². The minimum absolute atomic E-state index is 0. The van der Waals surface area contributed by atoms with Gasteiger partial charge in [0.25, 0.3) is 0 Å². The maximum atomic E-state index is 5.77. The molecule has 114 valence electrons. The number of hydrogen-bond donors (Lipinski definition) is 2. The fourth-order valence-electron chi connectivity index (χ4n) is 2.18. The Kier molecular flexibility index (Phi) is 5.90. The first-order chi connectivity index (χ1) is 9.85.